The molecular formula is C14H23NO2. The summed E-state index contributed by atoms with van der Waals surface area (Å²) in [5.41, 5.74) is 0.177. The summed E-state index contributed by atoms with van der Waals surface area (Å²) in [4.78, 5) is 0. The van der Waals surface area contributed by atoms with Gasteiger partial charge in [-0.05, 0) is 45.9 Å². The maximum absolute atomic E-state index is 5.64. The zero-order chi connectivity index (χ0) is 12.7. The van der Waals surface area contributed by atoms with E-state index < -0.39 is 0 Å². The molecule has 1 aromatic carbocycles. The van der Waals surface area contributed by atoms with E-state index >= 15 is 0 Å². The fourth-order valence-corrected chi connectivity index (χ4v) is 1.42. The summed E-state index contributed by atoms with van der Waals surface area (Å²) in [6.07, 6.45) is 0.995. The van der Waals surface area contributed by atoms with Crippen molar-refractivity contribution in [2.75, 3.05) is 20.3 Å². The van der Waals surface area contributed by atoms with Crippen LogP contribution in [0.15, 0.2) is 24.3 Å². The fourth-order valence-electron chi connectivity index (χ4n) is 1.42. The Morgan fingerprint density at radius 2 is 1.88 bits per heavy atom. The summed E-state index contributed by atoms with van der Waals surface area (Å²) >= 11 is 0. The number of ether oxygens (including phenoxy) is 2. The van der Waals surface area contributed by atoms with Crippen LogP contribution in [0.1, 0.15) is 27.2 Å². The van der Waals surface area contributed by atoms with Gasteiger partial charge in [0.05, 0.1) is 13.7 Å². The van der Waals surface area contributed by atoms with E-state index in [1.165, 1.54) is 0 Å². The molecule has 0 aliphatic carbocycles. The zero-order valence-corrected chi connectivity index (χ0v) is 11.2. The second kappa shape index (κ2) is 6.50. The van der Waals surface area contributed by atoms with E-state index in [1.54, 1.807) is 7.11 Å². The van der Waals surface area contributed by atoms with Crippen molar-refractivity contribution in [3.8, 4) is 11.5 Å². The fraction of sp³-hybridized carbons (Fsp3) is 0.571. The summed E-state index contributed by atoms with van der Waals surface area (Å²) < 4.78 is 10.8. The lowest BCUT2D eigenvalue weighted by Gasteiger charge is -2.20. The Hall–Kier alpha value is -1.22. The second-order valence-electron chi connectivity index (χ2n) is 5.06. The van der Waals surface area contributed by atoms with Crippen LogP contribution < -0.4 is 14.8 Å². The van der Waals surface area contributed by atoms with Crippen molar-refractivity contribution in [2.45, 2.75) is 32.7 Å². The minimum absolute atomic E-state index is 0.177. The third kappa shape index (κ3) is 6.17. The summed E-state index contributed by atoms with van der Waals surface area (Å²) in [6, 6.07) is 7.69. The third-order valence-electron chi connectivity index (χ3n) is 2.29. The van der Waals surface area contributed by atoms with Crippen LogP contribution in [0, 0.1) is 0 Å². The molecule has 0 heterocycles. The van der Waals surface area contributed by atoms with Gasteiger partial charge in [0.15, 0.2) is 0 Å². The molecule has 3 nitrogen and oxygen atoms in total. The van der Waals surface area contributed by atoms with Crippen molar-refractivity contribution in [2.24, 2.45) is 0 Å². The molecule has 0 saturated carbocycles. The third-order valence-corrected chi connectivity index (χ3v) is 2.29. The van der Waals surface area contributed by atoms with Crippen LogP contribution >= 0.6 is 0 Å². The van der Waals surface area contributed by atoms with Crippen LogP contribution in [0.2, 0.25) is 0 Å². The molecule has 1 N–H and O–H groups in total. The molecule has 0 fully saturated rings. The number of methoxy groups -OCH3 is 1. The molecule has 0 aliphatic heterocycles. The zero-order valence-electron chi connectivity index (χ0n) is 11.2. The molecule has 0 amide bonds. The minimum atomic E-state index is 0.177. The number of hydrogen-bond donors (Lipinski definition) is 1. The number of rotatable bonds is 6. The van der Waals surface area contributed by atoms with Gasteiger partial charge in [0.25, 0.3) is 0 Å². The Morgan fingerprint density at radius 1 is 1.18 bits per heavy atom. The predicted octanol–water partition coefficient (Wildman–Crippen LogP) is 2.85. The molecular weight excluding hydrogens is 214 g/mol. The minimum Gasteiger partial charge on any atom is -0.497 e. The summed E-state index contributed by atoms with van der Waals surface area (Å²) in [5.74, 6) is 1.69. The highest BCUT2D eigenvalue weighted by atomic mass is 16.5. The van der Waals surface area contributed by atoms with E-state index in [-0.39, 0.29) is 5.54 Å². The Kier molecular flexibility index (Phi) is 5.29. The number of benzene rings is 1. The first-order valence-electron chi connectivity index (χ1n) is 6.03. The van der Waals surface area contributed by atoms with Gasteiger partial charge in [-0.15, -0.1) is 0 Å². The normalized spacial score (nSPS) is 11.3. The van der Waals surface area contributed by atoms with Crippen LogP contribution in [0.25, 0.3) is 0 Å². The maximum atomic E-state index is 5.64. The van der Waals surface area contributed by atoms with Crippen molar-refractivity contribution >= 4 is 0 Å². The van der Waals surface area contributed by atoms with Crippen LogP contribution in [0.4, 0.5) is 0 Å². The lowest BCUT2D eigenvalue weighted by atomic mass is 10.1. The molecule has 0 unspecified atom stereocenters. The molecule has 0 saturated heterocycles. The summed E-state index contributed by atoms with van der Waals surface area (Å²) in [7, 11) is 1.66. The Labute approximate surface area is 104 Å². The summed E-state index contributed by atoms with van der Waals surface area (Å²) in [6.45, 7) is 8.17. The molecule has 1 rings (SSSR count). The SMILES string of the molecule is COc1cccc(OCCCNC(C)(C)C)c1. The average molecular weight is 237 g/mol. The second-order valence-corrected chi connectivity index (χ2v) is 5.06. The molecule has 3 heteroatoms. The molecule has 96 valence electrons. The first-order valence-corrected chi connectivity index (χ1v) is 6.03. The lowest BCUT2D eigenvalue weighted by molar-refractivity contribution is 0.296. The quantitative estimate of drug-likeness (QED) is 0.772. The van der Waals surface area contributed by atoms with Crippen molar-refractivity contribution in [3.05, 3.63) is 24.3 Å². The van der Waals surface area contributed by atoms with E-state index in [0.29, 0.717) is 0 Å². The first kappa shape index (κ1) is 13.8. The van der Waals surface area contributed by atoms with Gasteiger partial charge in [-0.2, -0.15) is 0 Å². The van der Waals surface area contributed by atoms with E-state index in [0.717, 1.165) is 31.1 Å². The molecule has 0 atom stereocenters. The van der Waals surface area contributed by atoms with Gasteiger partial charge in [0.1, 0.15) is 11.5 Å². The highest BCUT2D eigenvalue weighted by molar-refractivity contribution is 5.32. The number of nitrogens with one attached hydrogen (secondary N) is 1. The topological polar surface area (TPSA) is 30.5 Å². The maximum Gasteiger partial charge on any atom is 0.122 e. The van der Waals surface area contributed by atoms with E-state index in [9.17, 15) is 0 Å². The van der Waals surface area contributed by atoms with E-state index in [4.69, 9.17) is 9.47 Å². The average Bonchev–Trinajstić information content (AvgIpc) is 2.27. The van der Waals surface area contributed by atoms with Crippen LogP contribution in [0.3, 0.4) is 0 Å². The summed E-state index contributed by atoms with van der Waals surface area (Å²) in [5, 5.41) is 3.43. The van der Waals surface area contributed by atoms with Gasteiger partial charge in [-0.1, -0.05) is 6.07 Å². The smallest absolute Gasteiger partial charge is 0.122 e. The van der Waals surface area contributed by atoms with Gasteiger partial charge in [-0.25, -0.2) is 0 Å². The predicted molar refractivity (Wildman–Crippen MR) is 70.9 cm³/mol. The van der Waals surface area contributed by atoms with Gasteiger partial charge in [-0.3, -0.25) is 0 Å². The Morgan fingerprint density at radius 3 is 2.53 bits per heavy atom. The van der Waals surface area contributed by atoms with Gasteiger partial charge >= 0.3 is 0 Å². The van der Waals surface area contributed by atoms with Gasteiger partial charge in [0.2, 0.25) is 0 Å². The molecule has 0 radical (unpaired) electrons. The van der Waals surface area contributed by atoms with Crippen LogP contribution in [-0.2, 0) is 0 Å². The molecule has 0 aliphatic rings. The molecule has 1 aromatic rings. The number of hydrogen-bond acceptors (Lipinski definition) is 3. The first-order chi connectivity index (χ1) is 8.01. The van der Waals surface area contributed by atoms with Gasteiger partial charge < -0.3 is 14.8 Å². The van der Waals surface area contributed by atoms with Crippen LogP contribution in [-0.4, -0.2) is 25.8 Å². The van der Waals surface area contributed by atoms with Crippen molar-refractivity contribution in [1.29, 1.82) is 0 Å². The highest BCUT2D eigenvalue weighted by Crippen LogP contribution is 2.18. The van der Waals surface area contributed by atoms with E-state index in [1.807, 2.05) is 24.3 Å². The van der Waals surface area contributed by atoms with Gasteiger partial charge in [0, 0.05) is 11.6 Å². The van der Waals surface area contributed by atoms with Crippen LogP contribution in [0.5, 0.6) is 11.5 Å². The molecule has 17 heavy (non-hydrogen) atoms. The van der Waals surface area contributed by atoms with Crippen molar-refractivity contribution in [3.63, 3.8) is 0 Å². The van der Waals surface area contributed by atoms with Crippen molar-refractivity contribution in [1.82, 2.24) is 5.32 Å². The highest BCUT2D eigenvalue weighted by Gasteiger charge is 2.07. The standard InChI is InChI=1S/C14H23NO2/c1-14(2,3)15-9-6-10-17-13-8-5-7-12(11-13)16-4/h5,7-8,11,15H,6,9-10H2,1-4H3. The van der Waals surface area contributed by atoms with Crippen molar-refractivity contribution < 1.29 is 9.47 Å². The lowest BCUT2D eigenvalue weighted by Crippen LogP contribution is -2.36. The Balaban J connectivity index is 2.22. The monoisotopic (exact) mass is 237 g/mol. The largest absolute Gasteiger partial charge is 0.497 e. The molecule has 0 spiro atoms. The molecule has 0 bridgehead atoms. The molecule has 0 aromatic heterocycles. The Bertz CT molecular complexity index is 331. The van der Waals surface area contributed by atoms with E-state index in [2.05, 4.69) is 26.1 Å².